The summed E-state index contributed by atoms with van der Waals surface area (Å²) in [6, 6.07) is 0. The number of anilines is 1. The van der Waals surface area contributed by atoms with Crippen LogP contribution in [0, 0.1) is 0 Å². The van der Waals surface area contributed by atoms with Crippen LogP contribution in [0.25, 0.3) is 10.9 Å². The van der Waals surface area contributed by atoms with Crippen molar-refractivity contribution in [2.45, 2.75) is 37.9 Å². The second-order valence-corrected chi connectivity index (χ2v) is 6.57. The zero-order chi connectivity index (χ0) is 18.8. The van der Waals surface area contributed by atoms with Crippen LogP contribution >= 0.6 is 0 Å². The summed E-state index contributed by atoms with van der Waals surface area (Å²) in [5, 5.41) is 33.5. The van der Waals surface area contributed by atoms with Gasteiger partial charge in [-0.3, -0.25) is 9.59 Å². The van der Waals surface area contributed by atoms with Gasteiger partial charge in [-0.15, -0.1) is 0 Å². The maximum Gasteiger partial charge on any atom is 0.337 e. The molecule has 2 aromatic heterocycles. The zero-order valence-electron chi connectivity index (χ0n) is 13.9. The van der Waals surface area contributed by atoms with Gasteiger partial charge in [0.05, 0.1) is 17.5 Å². The van der Waals surface area contributed by atoms with Gasteiger partial charge in [0.25, 0.3) is 0 Å². The van der Waals surface area contributed by atoms with Gasteiger partial charge in [0.2, 0.25) is 0 Å². The third-order valence-electron chi connectivity index (χ3n) is 4.66. The molecule has 11 nitrogen and oxygen atoms in total. The molecule has 1 saturated heterocycles. The summed E-state index contributed by atoms with van der Waals surface area (Å²) in [7, 11) is 0. The van der Waals surface area contributed by atoms with Gasteiger partial charge >= 0.3 is 11.1 Å². The number of aromatic amines is 1. The number of nitrogens with one attached hydrogen (secondary N) is 2. The molecule has 5 N–H and O–H groups in total. The molecule has 2 aromatic rings. The van der Waals surface area contributed by atoms with Crippen LogP contribution in [-0.4, -0.2) is 60.1 Å². The Bertz CT molecular complexity index is 1050. The maximum atomic E-state index is 11.9. The summed E-state index contributed by atoms with van der Waals surface area (Å²) >= 11 is 0. The lowest BCUT2D eigenvalue weighted by Gasteiger charge is -2.28. The summed E-state index contributed by atoms with van der Waals surface area (Å²) < 4.78 is 7.07. The molecule has 0 amide bonds. The Labute approximate surface area is 145 Å². The number of amidine groups is 1. The van der Waals surface area contributed by atoms with Crippen LogP contribution in [0.5, 0.6) is 0 Å². The third kappa shape index (κ3) is 2.22. The number of hydrogen-bond donors (Lipinski definition) is 5. The van der Waals surface area contributed by atoms with Crippen LogP contribution in [0.2, 0.25) is 0 Å². The Morgan fingerprint density at radius 2 is 2.15 bits per heavy atom. The van der Waals surface area contributed by atoms with Crippen molar-refractivity contribution >= 4 is 28.4 Å². The fourth-order valence-corrected chi connectivity index (χ4v) is 3.36. The number of H-pyrrole nitrogens is 1. The molecule has 4 atom stereocenters. The smallest absolute Gasteiger partial charge is 0.337 e. The molecule has 26 heavy (non-hydrogen) atoms. The van der Waals surface area contributed by atoms with E-state index in [0.29, 0.717) is 17.0 Å². The van der Waals surface area contributed by atoms with E-state index in [2.05, 4.69) is 20.3 Å². The van der Waals surface area contributed by atoms with Crippen molar-refractivity contribution in [3.63, 3.8) is 0 Å². The molecule has 2 aliphatic rings. The minimum atomic E-state index is -1.73. The summed E-state index contributed by atoms with van der Waals surface area (Å²) in [6.45, 7) is 2.54. The molecular formula is C15H17N5O6. The molecule has 0 saturated carbocycles. The van der Waals surface area contributed by atoms with Gasteiger partial charge in [0.15, 0.2) is 6.23 Å². The second kappa shape index (κ2) is 5.45. The van der Waals surface area contributed by atoms with Crippen molar-refractivity contribution in [1.29, 1.82) is 0 Å². The lowest BCUT2D eigenvalue weighted by molar-refractivity contribution is -0.0955. The number of hydrogen-bond acceptors (Lipinski definition) is 9. The van der Waals surface area contributed by atoms with Crippen molar-refractivity contribution in [2.75, 3.05) is 11.9 Å². The highest BCUT2D eigenvalue weighted by Crippen LogP contribution is 2.44. The van der Waals surface area contributed by atoms with E-state index in [-0.39, 0.29) is 11.3 Å². The van der Waals surface area contributed by atoms with Crippen molar-refractivity contribution in [2.24, 2.45) is 4.99 Å². The average molecular weight is 363 g/mol. The minimum absolute atomic E-state index is 0.154. The number of aliphatic imine (C=N–C) groups is 1. The molecule has 11 heteroatoms. The largest absolute Gasteiger partial charge is 0.394 e. The lowest BCUT2D eigenvalue weighted by atomic mass is 9.96. The predicted octanol–water partition coefficient (Wildman–Crippen LogP) is -1.44. The standard InChI is InChI=1S/C15H17N5O6/c1-5-16-10-8-6(18-12(23)13(24)19-10)3-20(11(8)17-5)14-15(2,25)9(22)7(4-21)26-14/h3,7,9,14,21-22,25H,4H2,1-2H3,(H,18,23)(H,16,17,19,24)/t7-,9-,14?,15+/m1/s1. The Morgan fingerprint density at radius 3 is 2.81 bits per heavy atom. The third-order valence-corrected chi connectivity index (χ3v) is 4.66. The molecule has 1 unspecified atom stereocenters. The van der Waals surface area contributed by atoms with E-state index in [9.17, 15) is 24.9 Å². The molecule has 138 valence electrons. The van der Waals surface area contributed by atoms with E-state index >= 15 is 0 Å². The fraction of sp³-hybridized carbons (Fsp3) is 0.467. The highest BCUT2D eigenvalue weighted by atomic mass is 16.6. The molecule has 0 spiro atoms. The molecule has 0 aliphatic carbocycles. The minimum Gasteiger partial charge on any atom is -0.394 e. The number of aromatic nitrogens is 3. The first-order valence-corrected chi connectivity index (χ1v) is 7.92. The number of aliphatic hydroxyl groups excluding tert-OH is 2. The van der Waals surface area contributed by atoms with Crippen molar-refractivity contribution < 1.29 is 20.1 Å². The lowest BCUT2D eigenvalue weighted by Crippen LogP contribution is -2.44. The maximum absolute atomic E-state index is 11.9. The Morgan fingerprint density at radius 1 is 1.42 bits per heavy atom. The van der Waals surface area contributed by atoms with Gasteiger partial charge in [-0.05, 0) is 13.8 Å². The quantitative estimate of drug-likeness (QED) is 0.405. The molecule has 4 rings (SSSR count). The van der Waals surface area contributed by atoms with Crippen molar-refractivity contribution in [3.8, 4) is 0 Å². The Kier molecular flexibility index (Phi) is 3.53. The second-order valence-electron chi connectivity index (χ2n) is 6.57. The number of ether oxygens (including phenoxy) is 1. The van der Waals surface area contributed by atoms with Gasteiger partial charge in [-0.1, -0.05) is 0 Å². The molecule has 0 radical (unpaired) electrons. The molecule has 1 fully saturated rings. The van der Waals surface area contributed by atoms with Crippen molar-refractivity contribution in [1.82, 2.24) is 14.5 Å². The fourth-order valence-electron chi connectivity index (χ4n) is 3.36. The van der Waals surface area contributed by atoms with E-state index in [4.69, 9.17) is 4.74 Å². The summed E-state index contributed by atoms with van der Waals surface area (Å²) in [6.07, 6.45) is -1.95. The molecule has 0 aromatic carbocycles. The number of nitrogens with zero attached hydrogens (tertiary/aromatic N) is 3. The van der Waals surface area contributed by atoms with E-state index < -0.39 is 41.8 Å². The summed E-state index contributed by atoms with van der Waals surface area (Å²) in [5.74, 6) is 0.865. The Hall–Kier alpha value is -2.60. The van der Waals surface area contributed by atoms with Gasteiger partial charge in [-0.2, -0.15) is 4.98 Å². The van der Waals surface area contributed by atoms with Gasteiger partial charge in [-0.25, -0.2) is 4.99 Å². The first-order valence-electron chi connectivity index (χ1n) is 7.92. The molecular weight excluding hydrogens is 346 g/mol. The highest BCUT2D eigenvalue weighted by Gasteiger charge is 2.53. The SMILES string of the molecule is CC1=Nc2c3c(nc(=O)c(=O)[nH]c3cn2C2O[C@H](CO)[C@@H](O)[C@]2(C)O)N1. The zero-order valence-corrected chi connectivity index (χ0v) is 13.9. The van der Waals surface area contributed by atoms with Crippen LogP contribution < -0.4 is 16.4 Å². The average Bonchev–Trinajstić information content (AvgIpc) is 2.98. The van der Waals surface area contributed by atoms with Crippen LogP contribution in [0.4, 0.5) is 11.6 Å². The Balaban J connectivity index is 2.01. The van der Waals surface area contributed by atoms with E-state index in [0.717, 1.165) is 0 Å². The van der Waals surface area contributed by atoms with Crippen LogP contribution in [0.3, 0.4) is 0 Å². The molecule has 0 bridgehead atoms. The van der Waals surface area contributed by atoms with E-state index in [1.54, 1.807) is 6.92 Å². The highest BCUT2D eigenvalue weighted by molar-refractivity contribution is 6.10. The molecule has 2 aliphatic heterocycles. The predicted molar refractivity (Wildman–Crippen MR) is 90.6 cm³/mol. The van der Waals surface area contributed by atoms with Gasteiger partial charge in [0.1, 0.15) is 35.3 Å². The van der Waals surface area contributed by atoms with Gasteiger partial charge in [0, 0.05) is 6.20 Å². The van der Waals surface area contributed by atoms with Crippen molar-refractivity contribution in [3.05, 3.63) is 26.9 Å². The summed E-state index contributed by atoms with van der Waals surface area (Å²) in [4.78, 5) is 34.2. The van der Waals surface area contributed by atoms with E-state index in [1.165, 1.54) is 17.7 Å². The van der Waals surface area contributed by atoms with E-state index in [1.807, 2.05) is 0 Å². The molecule has 4 heterocycles. The van der Waals surface area contributed by atoms with Gasteiger partial charge < -0.3 is 34.9 Å². The number of aliphatic hydroxyl groups is 3. The number of rotatable bonds is 2. The van der Waals surface area contributed by atoms with Crippen LogP contribution in [0.1, 0.15) is 20.1 Å². The normalized spacial score (nSPS) is 30.3. The first-order chi connectivity index (χ1) is 12.2. The summed E-state index contributed by atoms with van der Waals surface area (Å²) in [5.41, 5.74) is -3.32. The topological polar surface area (TPSA) is 162 Å². The van der Waals surface area contributed by atoms with Crippen LogP contribution in [0.15, 0.2) is 20.8 Å². The van der Waals surface area contributed by atoms with Crippen LogP contribution in [-0.2, 0) is 4.74 Å². The first kappa shape index (κ1) is 16.8. The monoisotopic (exact) mass is 363 g/mol.